The van der Waals surface area contributed by atoms with E-state index in [1.54, 1.807) is 6.07 Å². The van der Waals surface area contributed by atoms with Gasteiger partial charge in [0.25, 0.3) is 5.56 Å². The fourth-order valence-electron chi connectivity index (χ4n) is 2.51. The van der Waals surface area contributed by atoms with E-state index in [0.29, 0.717) is 17.8 Å². The molecule has 0 fully saturated rings. The summed E-state index contributed by atoms with van der Waals surface area (Å²) in [5.41, 5.74) is 1.99. The fraction of sp³-hybridized carbons (Fsp3) is 0.222. The molecule has 1 heterocycles. The van der Waals surface area contributed by atoms with E-state index in [0.717, 1.165) is 18.5 Å². The van der Waals surface area contributed by atoms with Crippen LogP contribution < -0.4 is 5.56 Å². The number of benzene rings is 2. The molecule has 1 aromatic heterocycles. The molecule has 0 aliphatic heterocycles. The maximum Gasteiger partial charge on any atom is 0.258 e. The standard InChI is InChI=1S/C18H19N3O/c1-21(12-11-14-7-3-2-4-8-14)13-17-19-16-10-6-5-9-15(16)18(22)20-17/h2-10H,11-13H2,1H3,(H,19,20,22). The van der Waals surface area contributed by atoms with E-state index in [4.69, 9.17) is 0 Å². The van der Waals surface area contributed by atoms with E-state index in [1.807, 2.05) is 31.3 Å². The maximum atomic E-state index is 12.0. The molecule has 3 aromatic rings. The van der Waals surface area contributed by atoms with Crippen LogP contribution in [0.25, 0.3) is 10.9 Å². The summed E-state index contributed by atoms with van der Waals surface area (Å²) < 4.78 is 0. The molecule has 0 spiro atoms. The van der Waals surface area contributed by atoms with Crippen LogP contribution in [0.15, 0.2) is 59.4 Å². The first-order valence-corrected chi connectivity index (χ1v) is 7.43. The third-order valence-electron chi connectivity index (χ3n) is 3.71. The molecule has 0 bridgehead atoms. The van der Waals surface area contributed by atoms with E-state index >= 15 is 0 Å². The first-order chi connectivity index (χ1) is 10.7. The number of nitrogens with one attached hydrogen (secondary N) is 1. The molecule has 0 unspecified atom stereocenters. The number of aromatic amines is 1. The highest BCUT2D eigenvalue weighted by molar-refractivity contribution is 5.77. The smallest absolute Gasteiger partial charge is 0.258 e. The minimum absolute atomic E-state index is 0.0722. The molecular weight excluding hydrogens is 274 g/mol. The first kappa shape index (κ1) is 14.5. The third-order valence-corrected chi connectivity index (χ3v) is 3.71. The largest absolute Gasteiger partial charge is 0.309 e. The molecule has 0 saturated carbocycles. The van der Waals surface area contributed by atoms with E-state index in [-0.39, 0.29) is 5.56 Å². The molecule has 0 amide bonds. The summed E-state index contributed by atoms with van der Waals surface area (Å²) in [6.07, 6.45) is 0.981. The summed E-state index contributed by atoms with van der Waals surface area (Å²) in [5.74, 6) is 0.708. The van der Waals surface area contributed by atoms with Crippen molar-refractivity contribution in [3.05, 3.63) is 76.3 Å². The maximum absolute atomic E-state index is 12.0. The first-order valence-electron chi connectivity index (χ1n) is 7.43. The minimum Gasteiger partial charge on any atom is -0.309 e. The van der Waals surface area contributed by atoms with Crippen molar-refractivity contribution in [2.24, 2.45) is 0 Å². The van der Waals surface area contributed by atoms with Gasteiger partial charge in [0.05, 0.1) is 17.4 Å². The number of para-hydroxylation sites is 1. The van der Waals surface area contributed by atoms with E-state index in [9.17, 15) is 4.79 Å². The molecule has 22 heavy (non-hydrogen) atoms. The topological polar surface area (TPSA) is 49.0 Å². The van der Waals surface area contributed by atoms with Gasteiger partial charge in [-0.3, -0.25) is 9.69 Å². The summed E-state index contributed by atoms with van der Waals surface area (Å²) in [4.78, 5) is 21.6. The van der Waals surface area contributed by atoms with Crippen molar-refractivity contribution in [1.29, 1.82) is 0 Å². The van der Waals surface area contributed by atoms with Crippen molar-refractivity contribution in [3.8, 4) is 0 Å². The molecule has 0 aliphatic carbocycles. The van der Waals surface area contributed by atoms with Crippen LogP contribution in [-0.2, 0) is 13.0 Å². The number of H-pyrrole nitrogens is 1. The molecule has 2 aromatic carbocycles. The molecule has 112 valence electrons. The van der Waals surface area contributed by atoms with Crippen molar-refractivity contribution in [2.75, 3.05) is 13.6 Å². The van der Waals surface area contributed by atoms with Crippen LogP contribution in [-0.4, -0.2) is 28.5 Å². The lowest BCUT2D eigenvalue weighted by Crippen LogP contribution is -2.24. The Bertz CT molecular complexity index is 811. The molecule has 0 aliphatic rings. The molecule has 4 nitrogen and oxygen atoms in total. The number of likely N-dealkylation sites (N-methyl/N-ethyl adjacent to an activating group) is 1. The van der Waals surface area contributed by atoms with Crippen molar-refractivity contribution in [2.45, 2.75) is 13.0 Å². The fourth-order valence-corrected chi connectivity index (χ4v) is 2.51. The quantitative estimate of drug-likeness (QED) is 0.786. The van der Waals surface area contributed by atoms with Crippen molar-refractivity contribution < 1.29 is 0 Å². The SMILES string of the molecule is CN(CCc1ccccc1)Cc1nc2ccccc2c(=O)[nH]1. The number of nitrogens with zero attached hydrogens (tertiary/aromatic N) is 2. The van der Waals surface area contributed by atoms with Crippen LogP contribution in [0, 0.1) is 0 Å². The molecule has 0 atom stereocenters. The highest BCUT2D eigenvalue weighted by Crippen LogP contribution is 2.07. The lowest BCUT2D eigenvalue weighted by atomic mass is 10.1. The second kappa shape index (κ2) is 6.54. The Labute approximate surface area is 129 Å². The van der Waals surface area contributed by atoms with Crippen molar-refractivity contribution in [3.63, 3.8) is 0 Å². The van der Waals surface area contributed by atoms with Crippen LogP contribution in [0.4, 0.5) is 0 Å². The second-order valence-electron chi connectivity index (χ2n) is 5.50. The lowest BCUT2D eigenvalue weighted by molar-refractivity contribution is 0.322. The van der Waals surface area contributed by atoms with Crippen LogP contribution in [0.5, 0.6) is 0 Å². The van der Waals surface area contributed by atoms with Crippen molar-refractivity contribution in [1.82, 2.24) is 14.9 Å². The number of hydrogen-bond acceptors (Lipinski definition) is 3. The van der Waals surface area contributed by atoms with Gasteiger partial charge in [-0.1, -0.05) is 42.5 Å². The van der Waals surface area contributed by atoms with E-state index in [2.05, 4.69) is 39.1 Å². The molecule has 1 N–H and O–H groups in total. The van der Waals surface area contributed by atoms with Gasteiger partial charge >= 0.3 is 0 Å². The van der Waals surface area contributed by atoms with Crippen LogP contribution in [0.3, 0.4) is 0 Å². The van der Waals surface area contributed by atoms with Gasteiger partial charge in [-0.05, 0) is 31.2 Å². The molecule has 0 saturated heterocycles. The molecule has 0 radical (unpaired) electrons. The predicted octanol–water partition coefficient (Wildman–Crippen LogP) is 2.60. The van der Waals surface area contributed by atoms with Gasteiger partial charge in [-0.25, -0.2) is 4.98 Å². The van der Waals surface area contributed by atoms with E-state index < -0.39 is 0 Å². The Balaban J connectivity index is 1.69. The number of rotatable bonds is 5. The zero-order valence-corrected chi connectivity index (χ0v) is 12.6. The monoisotopic (exact) mass is 293 g/mol. The Hall–Kier alpha value is -2.46. The Morgan fingerprint density at radius 1 is 1.05 bits per heavy atom. The Morgan fingerprint density at radius 2 is 1.77 bits per heavy atom. The predicted molar refractivity (Wildman–Crippen MR) is 88.8 cm³/mol. The summed E-state index contributed by atoms with van der Waals surface area (Å²) in [5, 5.41) is 0.637. The van der Waals surface area contributed by atoms with Gasteiger partial charge in [0.15, 0.2) is 0 Å². The summed E-state index contributed by atoms with van der Waals surface area (Å²) in [7, 11) is 2.04. The van der Waals surface area contributed by atoms with Gasteiger partial charge in [0, 0.05) is 6.54 Å². The number of hydrogen-bond donors (Lipinski definition) is 1. The summed E-state index contributed by atoms with van der Waals surface area (Å²) in [6.45, 7) is 1.55. The normalized spacial score (nSPS) is 11.2. The van der Waals surface area contributed by atoms with E-state index in [1.165, 1.54) is 5.56 Å². The van der Waals surface area contributed by atoms with Gasteiger partial charge in [0.1, 0.15) is 5.82 Å². The van der Waals surface area contributed by atoms with Crippen LogP contribution >= 0.6 is 0 Å². The highest BCUT2D eigenvalue weighted by Gasteiger charge is 2.06. The summed E-state index contributed by atoms with van der Waals surface area (Å²) in [6, 6.07) is 17.8. The van der Waals surface area contributed by atoms with Gasteiger partial charge in [-0.2, -0.15) is 0 Å². The van der Waals surface area contributed by atoms with Crippen LogP contribution in [0.2, 0.25) is 0 Å². The molecular formula is C18H19N3O. The highest BCUT2D eigenvalue weighted by atomic mass is 16.1. The average Bonchev–Trinajstić information content (AvgIpc) is 2.54. The molecule has 4 heteroatoms. The average molecular weight is 293 g/mol. The third kappa shape index (κ3) is 3.40. The minimum atomic E-state index is -0.0722. The van der Waals surface area contributed by atoms with Crippen LogP contribution in [0.1, 0.15) is 11.4 Å². The lowest BCUT2D eigenvalue weighted by Gasteiger charge is -2.16. The zero-order chi connectivity index (χ0) is 15.4. The second-order valence-corrected chi connectivity index (χ2v) is 5.50. The number of aromatic nitrogens is 2. The van der Waals surface area contributed by atoms with Gasteiger partial charge < -0.3 is 4.98 Å². The number of fused-ring (bicyclic) bond motifs is 1. The zero-order valence-electron chi connectivity index (χ0n) is 12.6. The van der Waals surface area contributed by atoms with Crippen molar-refractivity contribution >= 4 is 10.9 Å². The Morgan fingerprint density at radius 3 is 2.59 bits per heavy atom. The van der Waals surface area contributed by atoms with Gasteiger partial charge in [-0.15, -0.1) is 0 Å². The van der Waals surface area contributed by atoms with Gasteiger partial charge in [0.2, 0.25) is 0 Å². The molecule has 3 rings (SSSR count). The summed E-state index contributed by atoms with van der Waals surface area (Å²) >= 11 is 0. The Kier molecular flexibility index (Phi) is 4.30.